The lowest BCUT2D eigenvalue weighted by Gasteiger charge is -2.08. The first-order valence-corrected chi connectivity index (χ1v) is 7.75. The van der Waals surface area contributed by atoms with Crippen LogP contribution in [0.4, 0.5) is 0 Å². The number of carbonyl (C=O) groups excluding carboxylic acids is 1. The predicted molar refractivity (Wildman–Crippen MR) is 101 cm³/mol. The molecule has 2 aromatic heterocycles. The van der Waals surface area contributed by atoms with Crippen molar-refractivity contribution in [2.45, 2.75) is 26.7 Å². The highest BCUT2D eigenvalue weighted by Gasteiger charge is 2.17. The van der Waals surface area contributed by atoms with E-state index < -0.39 is 0 Å². The average molecular weight is 374 g/mol. The molecule has 0 atom stereocenters. The highest BCUT2D eigenvalue weighted by molar-refractivity contribution is 5.95. The van der Waals surface area contributed by atoms with Gasteiger partial charge in [0.25, 0.3) is 5.91 Å². The molecule has 0 spiro atoms. The fraction of sp³-hybridized carbons (Fsp3) is 0.438. The molecule has 0 radical (unpaired) electrons. The quantitative estimate of drug-likeness (QED) is 0.696. The second-order valence-electron chi connectivity index (χ2n) is 4.96. The van der Waals surface area contributed by atoms with Gasteiger partial charge in [-0.25, -0.2) is 9.67 Å². The van der Waals surface area contributed by atoms with Crippen LogP contribution in [0.2, 0.25) is 0 Å². The number of hydrogen-bond acceptors (Lipinski definition) is 4. The number of hydrogen-bond donors (Lipinski definition) is 2. The van der Waals surface area contributed by atoms with Gasteiger partial charge in [-0.1, -0.05) is 19.9 Å². The molecule has 0 saturated heterocycles. The van der Waals surface area contributed by atoms with Crippen LogP contribution in [-0.4, -0.2) is 40.3 Å². The van der Waals surface area contributed by atoms with Crippen molar-refractivity contribution in [3.63, 3.8) is 0 Å². The van der Waals surface area contributed by atoms with Crippen LogP contribution in [0.3, 0.4) is 0 Å². The van der Waals surface area contributed by atoms with E-state index in [1.54, 1.807) is 17.1 Å². The molecule has 0 bridgehead atoms. The number of aromatic nitrogens is 3. The fourth-order valence-corrected chi connectivity index (χ4v) is 2.24. The zero-order chi connectivity index (χ0) is 15.8. The molecule has 0 unspecified atom stereocenters. The van der Waals surface area contributed by atoms with E-state index >= 15 is 0 Å². The summed E-state index contributed by atoms with van der Waals surface area (Å²) in [6.07, 6.45) is 5.14. The summed E-state index contributed by atoms with van der Waals surface area (Å²) in [7, 11) is 0. The highest BCUT2D eigenvalue weighted by Crippen LogP contribution is 2.13. The van der Waals surface area contributed by atoms with Gasteiger partial charge in [-0.2, -0.15) is 5.10 Å². The first kappa shape index (κ1) is 22.4. The minimum Gasteiger partial charge on any atom is -0.351 e. The van der Waals surface area contributed by atoms with Crippen molar-refractivity contribution in [1.29, 1.82) is 0 Å². The van der Waals surface area contributed by atoms with Crippen LogP contribution >= 0.6 is 24.8 Å². The SMILES string of the molecule is CCCNCCNC(=O)c1cnn(-c2ccccn2)c1CC.Cl.Cl. The fourth-order valence-electron chi connectivity index (χ4n) is 2.24. The third-order valence-electron chi connectivity index (χ3n) is 3.33. The highest BCUT2D eigenvalue weighted by atomic mass is 35.5. The average Bonchev–Trinajstić information content (AvgIpc) is 2.99. The van der Waals surface area contributed by atoms with Crippen molar-refractivity contribution in [3.05, 3.63) is 41.9 Å². The Balaban J connectivity index is 0.00000264. The molecule has 0 aromatic carbocycles. The molecular weight excluding hydrogens is 349 g/mol. The van der Waals surface area contributed by atoms with Gasteiger partial charge < -0.3 is 10.6 Å². The first-order valence-electron chi connectivity index (χ1n) is 7.75. The largest absolute Gasteiger partial charge is 0.351 e. The van der Waals surface area contributed by atoms with E-state index in [9.17, 15) is 4.79 Å². The molecule has 24 heavy (non-hydrogen) atoms. The lowest BCUT2D eigenvalue weighted by Crippen LogP contribution is -2.32. The van der Waals surface area contributed by atoms with Crippen LogP contribution in [-0.2, 0) is 6.42 Å². The Morgan fingerprint density at radius 1 is 1.17 bits per heavy atom. The summed E-state index contributed by atoms with van der Waals surface area (Å²) in [4.78, 5) is 16.6. The minimum absolute atomic E-state index is 0. The number of amides is 1. The topological polar surface area (TPSA) is 71.8 Å². The molecule has 6 nitrogen and oxygen atoms in total. The van der Waals surface area contributed by atoms with Crippen molar-refractivity contribution < 1.29 is 4.79 Å². The normalized spacial score (nSPS) is 9.75. The molecule has 0 aliphatic carbocycles. The van der Waals surface area contributed by atoms with Crippen LogP contribution in [0.15, 0.2) is 30.6 Å². The Hall–Kier alpha value is -1.63. The van der Waals surface area contributed by atoms with E-state index in [2.05, 4.69) is 27.6 Å². The van der Waals surface area contributed by atoms with Gasteiger partial charge in [0, 0.05) is 19.3 Å². The van der Waals surface area contributed by atoms with Crippen LogP contribution in [0.25, 0.3) is 5.82 Å². The smallest absolute Gasteiger partial charge is 0.254 e. The number of pyridine rings is 1. The maximum Gasteiger partial charge on any atom is 0.254 e. The summed E-state index contributed by atoms with van der Waals surface area (Å²) in [5.41, 5.74) is 1.49. The van der Waals surface area contributed by atoms with Gasteiger partial charge in [-0.3, -0.25) is 4.79 Å². The number of halogens is 2. The molecule has 2 rings (SSSR count). The molecule has 0 fully saturated rings. The van der Waals surface area contributed by atoms with Crippen LogP contribution in [0, 0.1) is 0 Å². The monoisotopic (exact) mass is 373 g/mol. The number of nitrogens with zero attached hydrogens (tertiary/aromatic N) is 3. The van der Waals surface area contributed by atoms with Crippen molar-refractivity contribution in [2.24, 2.45) is 0 Å². The summed E-state index contributed by atoms with van der Waals surface area (Å²) in [6, 6.07) is 5.64. The molecule has 2 aromatic rings. The van der Waals surface area contributed by atoms with Crippen LogP contribution in [0.5, 0.6) is 0 Å². The number of nitrogens with one attached hydrogen (secondary N) is 2. The van der Waals surface area contributed by atoms with Crippen molar-refractivity contribution in [2.75, 3.05) is 19.6 Å². The van der Waals surface area contributed by atoms with Crippen molar-refractivity contribution in [3.8, 4) is 5.82 Å². The van der Waals surface area contributed by atoms with Crippen LogP contribution in [0.1, 0.15) is 36.3 Å². The Morgan fingerprint density at radius 3 is 2.58 bits per heavy atom. The predicted octanol–water partition coefficient (Wildman–Crippen LogP) is 2.40. The lowest BCUT2D eigenvalue weighted by atomic mass is 10.2. The Bertz CT molecular complexity index is 604. The summed E-state index contributed by atoms with van der Waals surface area (Å²) in [6.45, 7) is 6.47. The molecule has 134 valence electrons. The van der Waals surface area contributed by atoms with Crippen molar-refractivity contribution in [1.82, 2.24) is 25.4 Å². The van der Waals surface area contributed by atoms with E-state index in [0.29, 0.717) is 18.5 Å². The molecule has 0 saturated carbocycles. The Kier molecular flexibility index (Phi) is 11.0. The molecule has 2 N–H and O–H groups in total. The lowest BCUT2D eigenvalue weighted by molar-refractivity contribution is 0.0953. The number of rotatable bonds is 8. The zero-order valence-electron chi connectivity index (χ0n) is 14.0. The molecule has 0 aliphatic rings. The molecule has 8 heteroatoms. The van der Waals surface area contributed by atoms with Gasteiger partial charge in [-0.05, 0) is 31.5 Å². The second-order valence-corrected chi connectivity index (χ2v) is 4.96. The van der Waals surface area contributed by atoms with Gasteiger partial charge in [0.15, 0.2) is 5.82 Å². The van der Waals surface area contributed by atoms with E-state index in [1.807, 2.05) is 25.1 Å². The Labute approximate surface area is 155 Å². The minimum atomic E-state index is -0.0858. The summed E-state index contributed by atoms with van der Waals surface area (Å²) in [5.74, 6) is 0.639. The molecule has 1 amide bonds. The van der Waals surface area contributed by atoms with Gasteiger partial charge in [-0.15, -0.1) is 24.8 Å². The molecular formula is C16H25Cl2N5O. The zero-order valence-corrected chi connectivity index (χ0v) is 15.6. The summed E-state index contributed by atoms with van der Waals surface area (Å²) >= 11 is 0. The third-order valence-corrected chi connectivity index (χ3v) is 3.33. The maximum atomic E-state index is 12.3. The van der Waals surface area contributed by atoms with Gasteiger partial charge in [0.2, 0.25) is 0 Å². The van der Waals surface area contributed by atoms with Gasteiger partial charge >= 0.3 is 0 Å². The van der Waals surface area contributed by atoms with Crippen LogP contribution < -0.4 is 10.6 Å². The summed E-state index contributed by atoms with van der Waals surface area (Å²) < 4.78 is 1.73. The Morgan fingerprint density at radius 2 is 1.96 bits per heavy atom. The van der Waals surface area contributed by atoms with E-state index in [-0.39, 0.29) is 30.7 Å². The van der Waals surface area contributed by atoms with E-state index in [1.165, 1.54) is 0 Å². The second kappa shape index (κ2) is 11.8. The van der Waals surface area contributed by atoms with Crippen molar-refractivity contribution >= 4 is 30.7 Å². The van der Waals surface area contributed by atoms with E-state index in [0.717, 1.165) is 31.0 Å². The maximum absolute atomic E-state index is 12.3. The van der Waals surface area contributed by atoms with Gasteiger partial charge in [0.05, 0.1) is 17.5 Å². The third kappa shape index (κ3) is 5.78. The van der Waals surface area contributed by atoms with E-state index in [4.69, 9.17) is 0 Å². The summed E-state index contributed by atoms with van der Waals surface area (Å²) in [5, 5.41) is 10.5. The number of carbonyl (C=O) groups is 1. The van der Waals surface area contributed by atoms with Gasteiger partial charge in [0.1, 0.15) is 0 Å². The molecule has 0 aliphatic heterocycles. The first-order chi connectivity index (χ1) is 10.8. The molecule has 2 heterocycles. The standard InChI is InChI=1S/C16H23N5O.2ClH/c1-3-8-17-10-11-19-16(22)13-12-20-21(14(13)4-2)15-7-5-6-9-18-15;;/h5-7,9,12,17H,3-4,8,10-11H2,1-2H3,(H,19,22);2*1H.